The van der Waals surface area contributed by atoms with Crippen LogP contribution in [-0.2, 0) is 14.3 Å². The van der Waals surface area contributed by atoms with E-state index in [9.17, 15) is 9.59 Å². The molecule has 0 aliphatic rings. The van der Waals surface area contributed by atoms with E-state index in [-0.39, 0.29) is 6.54 Å². The Morgan fingerprint density at radius 2 is 2.08 bits per heavy atom. The van der Waals surface area contributed by atoms with Crippen LogP contribution in [0.1, 0.15) is 19.8 Å². The van der Waals surface area contributed by atoms with Gasteiger partial charge in [0.15, 0.2) is 0 Å². The highest BCUT2D eigenvalue weighted by atomic mass is 16.5. The van der Waals surface area contributed by atoms with E-state index < -0.39 is 11.9 Å². The van der Waals surface area contributed by atoms with Gasteiger partial charge in [-0.05, 0) is 6.42 Å². The molecule has 0 bridgehead atoms. The van der Waals surface area contributed by atoms with Gasteiger partial charge in [0.25, 0.3) is 0 Å². The van der Waals surface area contributed by atoms with Gasteiger partial charge >= 0.3 is 11.9 Å². The Hall–Kier alpha value is -1.10. The predicted molar refractivity (Wildman–Crippen MR) is 46.4 cm³/mol. The van der Waals surface area contributed by atoms with Gasteiger partial charge in [0.2, 0.25) is 0 Å². The lowest BCUT2D eigenvalue weighted by Gasteiger charge is -2.03. The molecule has 0 aliphatic carbocycles. The molecule has 0 atom stereocenters. The molecule has 0 aromatic heterocycles. The Morgan fingerprint density at radius 1 is 1.38 bits per heavy atom. The van der Waals surface area contributed by atoms with Gasteiger partial charge in [0.1, 0.15) is 0 Å². The first kappa shape index (κ1) is 11.9. The van der Waals surface area contributed by atoms with Gasteiger partial charge in [-0.2, -0.15) is 0 Å². The van der Waals surface area contributed by atoms with E-state index in [0.717, 1.165) is 12.8 Å². The molecule has 0 saturated heterocycles. The second-order valence-electron chi connectivity index (χ2n) is 2.53. The average Bonchev–Trinajstić information content (AvgIpc) is 2.10. The summed E-state index contributed by atoms with van der Waals surface area (Å²) in [5, 5.41) is 10.4. The zero-order chi connectivity index (χ0) is 10.1. The molecule has 0 spiro atoms. The summed E-state index contributed by atoms with van der Waals surface area (Å²) in [5.74, 6) is -2.45. The van der Waals surface area contributed by atoms with Gasteiger partial charge in [-0.1, -0.05) is 13.3 Å². The number of unbranched alkanes of at least 4 members (excludes halogenated alkanes) is 1. The molecule has 0 radical (unpaired) electrons. The lowest BCUT2D eigenvalue weighted by Crippen LogP contribution is -2.33. The van der Waals surface area contributed by atoms with Gasteiger partial charge in [0.05, 0.1) is 6.61 Å². The molecule has 2 N–H and O–H groups in total. The van der Waals surface area contributed by atoms with Crippen molar-refractivity contribution in [1.29, 1.82) is 0 Å². The molecular formula is C8H15NO4. The van der Waals surface area contributed by atoms with Gasteiger partial charge in [-0.15, -0.1) is 0 Å². The average molecular weight is 189 g/mol. The van der Waals surface area contributed by atoms with Crippen LogP contribution in [0.4, 0.5) is 0 Å². The van der Waals surface area contributed by atoms with Crippen LogP contribution in [0.25, 0.3) is 0 Å². The summed E-state index contributed by atoms with van der Waals surface area (Å²) in [7, 11) is 0. The van der Waals surface area contributed by atoms with Crippen LogP contribution in [0.5, 0.6) is 0 Å². The van der Waals surface area contributed by atoms with E-state index in [0.29, 0.717) is 13.2 Å². The zero-order valence-electron chi connectivity index (χ0n) is 7.71. The number of ether oxygens (including phenoxy) is 1. The van der Waals surface area contributed by atoms with Gasteiger partial charge in [-0.3, -0.25) is 4.79 Å². The summed E-state index contributed by atoms with van der Waals surface area (Å²) in [6.45, 7) is 3.31. The van der Waals surface area contributed by atoms with Crippen molar-refractivity contribution in [3.05, 3.63) is 0 Å². The van der Waals surface area contributed by atoms with E-state index in [1.807, 2.05) is 0 Å². The largest absolute Gasteiger partial charge is 0.474 e. The van der Waals surface area contributed by atoms with Gasteiger partial charge in [0, 0.05) is 13.2 Å². The molecule has 5 nitrogen and oxygen atoms in total. The standard InChI is InChI=1S/C8H15NO4/c1-2-3-5-13-6-4-9-7(10)8(11)12/h2-6H2,1H3,(H,9,10)(H,11,12). The van der Waals surface area contributed by atoms with Crippen LogP contribution in [0.2, 0.25) is 0 Å². The Morgan fingerprint density at radius 3 is 2.62 bits per heavy atom. The maximum atomic E-state index is 10.5. The van der Waals surface area contributed by atoms with Crippen molar-refractivity contribution in [3.63, 3.8) is 0 Å². The SMILES string of the molecule is CCCCOCCNC(=O)C(=O)O. The van der Waals surface area contributed by atoms with Crippen molar-refractivity contribution in [2.75, 3.05) is 19.8 Å². The van der Waals surface area contributed by atoms with E-state index in [1.54, 1.807) is 0 Å². The molecule has 0 aromatic carbocycles. The van der Waals surface area contributed by atoms with E-state index >= 15 is 0 Å². The molecule has 1 amide bonds. The highest BCUT2D eigenvalue weighted by Crippen LogP contribution is 1.86. The number of carboxylic acids is 1. The third kappa shape index (κ3) is 7.27. The second-order valence-corrected chi connectivity index (χ2v) is 2.53. The summed E-state index contributed by atoms with van der Waals surface area (Å²) >= 11 is 0. The topological polar surface area (TPSA) is 75.6 Å². The monoisotopic (exact) mass is 189 g/mol. The first-order valence-electron chi connectivity index (χ1n) is 4.27. The normalized spacial score (nSPS) is 9.62. The number of nitrogens with one attached hydrogen (secondary N) is 1. The Kier molecular flexibility index (Phi) is 6.91. The molecule has 0 aromatic rings. The number of carbonyl (C=O) groups is 2. The Labute approximate surface area is 77.1 Å². The van der Waals surface area contributed by atoms with Crippen molar-refractivity contribution in [3.8, 4) is 0 Å². The highest BCUT2D eigenvalue weighted by Gasteiger charge is 2.08. The first-order chi connectivity index (χ1) is 6.18. The van der Waals surface area contributed by atoms with Crippen LogP contribution < -0.4 is 5.32 Å². The maximum absolute atomic E-state index is 10.5. The Bertz CT molecular complexity index is 170. The Balaban J connectivity index is 3.16. The third-order valence-electron chi connectivity index (χ3n) is 1.37. The van der Waals surface area contributed by atoms with E-state index in [4.69, 9.17) is 9.84 Å². The number of carbonyl (C=O) groups excluding carboxylic acids is 1. The quantitative estimate of drug-likeness (QED) is 0.455. The van der Waals surface area contributed by atoms with Gasteiger partial charge in [-0.25, -0.2) is 4.79 Å². The number of aliphatic carboxylic acids is 1. The van der Waals surface area contributed by atoms with Crippen molar-refractivity contribution in [2.45, 2.75) is 19.8 Å². The first-order valence-corrected chi connectivity index (χ1v) is 4.27. The fourth-order valence-corrected chi connectivity index (χ4v) is 0.661. The highest BCUT2D eigenvalue weighted by molar-refractivity contribution is 6.31. The van der Waals surface area contributed by atoms with Crippen molar-refractivity contribution in [2.24, 2.45) is 0 Å². The number of amides is 1. The lowest BCUT2D eigenvalue weighted by atomic mass is 10.4. The summed E-state index contributed by atoms with van der Waals surface area (Å²) in [6.07, 6.45) is 2.04. The van der Waals surface area contributed by atoms with Crippen LogP contribution in [-0.4, -0.2) is 36.7 Å². The summed E-state index contributed by atoms with van der Waals surface area (Å²) in [5.41, 5.74) is 0. The summed E-state index contributed by atoms with van der Waals surface area (Å²) < 4.78 is 5.10. The van der Waals surface area contributed by atoms with Crippen LogP contribution in [0, 0.1) is 0 Å². The van der Waals surface area contributed by atoms with E-state index in [2.05, 4.69) is 12.2 Å². The molecule has 0 saturated carbocycles. The van der Waals surface area contributed by atoms with E-state index in [1.165, 1.54) is 0 Å². The fourth-order valence-electron chi connectivity index (χ4n) is 0.661. The summed E-state index contributed by atoms with van der Waals surface area (Å²) in [4.78, 5) is 20.5. The maximum Gasteiger partial charge on any atom is 0.394 e. The molecule has 13 heavy (non-hydrogen) atoms. The number of hydrogen-bond acceptors (Lipinski definition) is 3. The molecular weight excluding hydrogens is 174 g/mol. The van der Waals surface area contributed by atoms with Crippen LogP contribution >= 0.6 is 0 Å². The smallest absolute Gasteiger partial charge is 0.394 e. The molecule has 0 aliphatic heterocycles. The van der Waals surface area contributed by atoms with Crippen molar-refractivity contribution < 1.29 is 19.4 Å². The van der Waals surface area contributed by atoms with Crippen LogP contribution in [0.3, 0.4) is 0 Å². The fraction of sp³-hybridized carbons (Fsp3) is 0.750. The van der Waals surface area contributed by atoms with Crippen molar-refractivity contribution >= 4 is 11.9 Å². The number of carboxylic acid groups (broad SMARTS) is 1. The summed E-state index contributed by atoms with van der Waals surface area (Å²) in [6, 6.07) is 0. The molecule has 0 heterocycles. The van der Waals surface area contributed by atoms with Crippen molar-refractivity contribution in [1.82, 2.24) is 5.32 Å². The minimum absolute atomic E-state index is 0.245. The number of hydrogen-bond donors (Lipinski definition) is 2. The minimum atomic E-state index is -1.46. The molecule has 5 heteroatoms. The minimum Gasteiger partial charge on any atom is -0.474 e. The number of rotatable bonds is 6. The second kappa shape index (κ2) is 7.54. The molecule has 0 rings (SSSR count). The molecule has 76 valence electrons. The van der Waals surface area contributed by atoms with Crippen LogP contribution in [0.15, 0.2) is 0 Å². The lowest BCUT2D eigenvalue weighted by molar-refractivity contribution is -0.150. The zero-order valence-corrected chi connectivity index (χ0v) is 7.71. The van der Waals surface area contributed by atoms with Gasteiger partial charge < -0.3 is 15.2 Å². The molecule has 0 fully saturated rings. The molecule has 0 unspecified atom stereocenters. The third-order valence-corrected chi connectivity index (χ3v) is 1.37. The predicted octanol–water partition coefficient (Wildman–Crippen LogP) is 0.00390.